The molecule has 7 heteroatoms. The zero-order valence-corrected chi connectivity index (χ0v) is 15.5. The highest BCUT2D eigenvalue weighted by Crippen LogP contribution is 2.27. The first kappa shape index (κ1) is 19.0. The molecule has 0 spiro atoms. The molecule has 0 unspecified atom stereocenters. The zero-order valence-electron chi connectivity index (χ0n) is 13.8. The van der Waals surface area contributed by atoms with Crippen LogP contribution in [0.1, 0.15) is 32.6 Å². The molecule has 0 aromatic carbocycles. The largest absolute Gasteiger partial charge is 0.357 e. The third-order valence-electron chi connectivity index (χ3n) is 3.31. The van der Waals surface area contributed by atoms with E-state index in [1.54, 1.807) is 18.3 Å². The summed E-state index contributed by atoms with van der Waals surface area (Å²) in [4.78, 5) is 5.89. The lowest BCUT2D eigenvalue weighted by molar-refractivity contribution is 0.548. The van der Waals surface area contributed by atoms with Crippen molar-refractivity contribution in [3.8, 4) is 0 Å². The number of hydrogen-bond donors (Lipinski definition) is 2. The Morgan fingerprint density at radius 1 is 1.32 bits per heavy atom. The van der Waals surface area contributed by atoms with E-state index >= 15 is 0 Å². The van der Waals surface area contributed by atoms with E-state index in [2.05, 4.69) is 40.9 Å². The van der Waals surface area contributed by atoms with Crippen molar-refractivity contribution in [2.45, 2.75) is 33.1 Å². The van der Waals surface area contributed by atoms with Crippen LogP contribution in [0.3, 0.4) is 0 Å². The first-order chi connectivity index (χ1) is 10.3. The van der Waals surface area contributed by atoms with Crippen molar-refractivity contribution in [3.63, 3.8) is 0 Å². The Kier molecular flexibility index (Phi) is 7.35. The molecule has 0 aliphatic rings. The molecule has 0 bridgehead atoms. The highest BCUT2D eigenvalue weighted by molar-refractivity contribution is 7.91. The van der Waals surface area contributed by atoms with Gasteiger partial charge in [0, 0.05) is 29.1 Å². The minimum Gasteiger partial charge on any atom is -0.357 e. The van der Waals surface area contributed by atoms with Crippen molar-refractivity contribution in [1.82, 2.24) is 10.6 Å². The summed E-state index contributed by atoms with van der Waals surface area (Å²) in [5, 5.41) is 8.31. The van der Waals surface area contributed by atoms with E-state index in [0.29, 0.717) is 19.0 Å². The van der Waals surface area contributed by atoms with Gasteiger partial charge in [-0.1, -0.05) is 26.8 Å². The molecule has 5 nitrogen and oxygen atoms in total. The zero-order chi connectivity index (χ0) is 16.6. The Morgan fingerprint density at radius 3 is 2.59 bits per heavy atom. The molecule has 0 saturated heterocycles. The number of hydrogen-bond acceptors (Lipinski definition) is 4. The summed E-state index contributed by atoms with van der Waals surface area (Å²) < 4.78 is 23.0. The van der Waals surface area contributed by atoms with E-state index < -0.39 is 9.84 Å². The smallest absolute Gasteiger partial charge is 0.191 e. The molecule has 22 heavy (non-hydrogen) atoms. The quantitative estimate of drug-likeness (QED) is 0.558. The monoisotopic (exact) mass is 345 g/mol. The van der Waals surface area contributed by atoms with Crippen LogP contribution < -0.4 is 10.6 Å². The van der Waals surface area contributed by atoms with Crippen LogP contribution in [-0.2, 0) is 15.3 Å². The average Bonchev–Trinajstić information content (AvgIpc) is 3.00. The molecule has 1 aromatic heterocycles. The van der Waals surface area contributed by atoms with E-state index in [1.165, 1.54) is 4.88 Å². The highest BCUT2D eigenvalue weighted by Gasteiger charge is 2.21. The van der Waals surface area contributed by atoms with E-state index in [-0.39, 0.29) is 16.9 Å². The first-order valence-electron chi connectivity index (χ1n) is 7.57. The van der Waals surface area contributed by atoms with Gasteiger partial charge < -0.3 is 10.6 Å². The van der Waals surface area contributed by atoms with Gasteiger partial charge in [-0.2, -0.15) is 0 Å². The summed E-state index contributed by atoms with van der Waals surface area (Å²) >= 11 is 1.73. The van der Waals surface area contributed by atoms with Gasteiger partial charge in [-0.05, 0) is 18.4 Å². The lowest BCUT2D eigenvalue weighted by Gasteiger charge is -2.21. The van der Waals surface area contributed by atoms with Crippen LogP contribution in [0.5, 0.6) is 0 Å². The fourth-order valence-electron chi connectivity index (χ4n) is 1.83. The van der Waals surface area contributed by atoms with Gasteiger partial charge in [0.15, 0.2) is 15.8 Å². The maximum absolute atomic E-state index is 11.5. The number of nitrogens with one attached hydrogen (secondary N) is 2. The number of sulfone groups is 1. The summed E-state index contributed by atoms with van der Waals surface area (Å²) in [5.74, 6) is 0.967. The maximum atomic E-state index is 11.5. The van der Waals surface area contributed by atoms with Crippen LogP contribution in [0.25, 0.3) is 0 Å². The van der Waals surface area contributed by atoms with Gasteiger partial charge >= 0.3 is 0 Å². The maximum Gasteiger partial charge on any atom is 0.191 e. The number of rotatable bonds is 8. The Morgan fingerprint density at radius 2 is 2.05 bits per heavy atom. The van der Waals surface area contributed by atoms with Crippen LogP contribution >= 0.6 is 11.3 Å². The predicted octanol–water partition coefficient (Wildman–Crippen LogP) is 2.02. The second-order valence-corrected chi connectivity index (χ2v) is 9.14. The van der Waals surface area contributed by atoms with E-state index in [1.807, 2.05) is 13.0 Å². The normalized spacial score (nSPS) is 13.2. The summed E-state index contributed by atoms with van der Waals surface area (Å²) in [6.45, 7) is 9.74. The Hall–Kier alpha value is -1.08. The Labute approximate surface area is 138 Å². The minimum atomic E-state index is -2.95. The molecule has 0 aliphatic heterocycles. The summed E-state index contributed by atoms with van der Waals surface area (Å²) in [6.07, 6.45) is 0. The molecule has 2 N–H and O–H groups in total. The molecule has 0 saturated carbocycles. The second kappa shape index (κ2) is 8.53. The van der Waals surface area contributed by atoms with Crippen LogP contribution in [0.2, 0.25) is 0 Å². The van der Waals surface area contributed by atoms with Crippen molar-refractivity contribution in [2.75, 3.05) is 31.1 Å². The van der Waals surface area contributed by atoms with Crippen molar-refractivity contribution in [1.29, 1.82) is 0 Å². The molecule has 0 aliphatic carbocycles. The highest BCUT2D eigenvalue weighted by atomic mass is 32.2. The lowest BCUT2D eigenvalue weighted by Crippen LogP contribution is -2.40. The molecule has 1 heterocycles. The van der Waals surface area contributed by atoms with E-state index in [0.717, 1.165) is 6.54 Å². The van der Waals surface area contributed by atoms with Crippen molar-refractivity contribution in [3.05, 3.63) is 22.4 Å². The Bertz CT molecular complexity index is 564. The van der Waals surface area contributed by atoms with Crippen molar-refractivity contribution < 1.29 is 8.42 Å². The topological polar surface area (TPSA) is 70.6 Å². The fourth-order valence-corrected chi connectivity index (χ4v) is 3.38. The van der Waals surface area contributed by atoms with Gasteiger partial charge in [-0.15, -0.1) is 11.3 Å². The number of aliphatic imine (C=N–C) groups is 1. The van der Waals surface area contributed by atoms with Gasteiger partial charge in [-0.25, -0.2) is 8.42 Å². The molecule has 0 amide bonds. The van der Waals surface area contributed by atoms with Gasteiger partial charge in [0.1, 0.15) is 0 Å². The molecule has 1 aromatic rings. The van der Waals surface area contributed by atoms with Crippen molar-refractivity contribution >= 4 is 27.1 Å². The summed E-state index contributed by atoms with van der Waals surface area (Å²) in [7, 11) is -2.95. The van der Waals surface area contributed by atoms with Gasteiger partial charge in [0.25, 0.3) is 0 Å². The summed E-state index contributed by atoms with van der Waals surface area (Å²) in [5.41, 5.74) is -0.0357. The van der Waals surface area contributed by atoms with Crippen LogP contribution in [0.15, 0.2) is 22.5 Å². The van der Waals surface area contributed by atoms with E-state index in [4.69, 9.17) is 0 Å². The van der Waals surface area contributed by atoms with E-state index in [9.17, 15) is 8.42 Å². The predicted molar refractivity (Wildman–Crippen MR) is 95.7 cm³/mol. The number of thiophene rings is 1. The SMILES string of the molecule is CCNC(=NCC(C)(C)c1cccs1)NCCS(=O)(=O)CC. The van der Waals surface area contributed by atoms with Gasteiger partial charge in [-0.3, -0.25) is 4.99 Å². The standard InChI is InChI=1S/C15H27N3O2S2/c1-5-16-14(17-9-11-22(19,20)6-2)18-12-15(3,4)13-8-7-10-21-13/h7-8,10H,5-6,9,11-12H2,1-4H3,(H2,16,17,18). The van der Waals surface area contributed by atoms with Gasteiger partial charge in [0.05, 0.1) is 12.3 Å². The molecule has 126 valence electrons. The van der Waals surface area contributed by atoms with Crippen molar-refractivity contribution in [2.24, 2.45) is 4.99 Å². The fraction of sp³-hybridized carbons (Fsp3) is 0.667. The number of nitrogens with zero attached hydrogens (tertiary/aromatic N) is 1. The minimum absolute atomic E-state index is 0.0357. The molecule has 0 fully saturated rings. The third kappa shape index (κ3) is 6.36. The van der Waals surface area contributed by atoms with Crippen LogP contribution in [-0.4, -0.2) is 45.5 Å². The molecule has 0 radical (unpaired) electrons. The van der Waals surface area contributed by atoms with Crippen LogP contribution in [0, 0.1) is 0 Å². The Balaban J connectivity index is 2.62. The molecular formula is C15H27N3O2S2. The lowest BCUT2D eigenvalue weighted by atomic mass is 9.92. The number of guanidine groups is 1. The molecule has 1 rings (SSSR count). The molecule has 0 atom stereocenters. The first-order valence-corrected chi connectivity index (χ1v) is 10.3. The van der Waals surface area contributed by atoms with Gasteiger partial charge in [0.2, 0.25) is 0 Å². The second-order valence-electron chi connectivity index (χ2n) is 5.72. The molecular weight excluding hydrogens is 318 g/mol. The third-order valence-corrected chi connectivity index (χ3v) is 6.25. The average molecular weight is 346 g/mol. The van der Waals surface area contributed by atoms with Crippen LogP contribution in [0.4, 0.5) is 0 Å². The summed E-state index contributed by atoms with van der Waals surface area (Å²) in [6, 6.07) is 4.17.